The van der Waals surface area contributed by atoms with Gasteiger partial charge in [-0.1, -0.05) is 13.8 Å². The van der Waals surface area contributed by atoms with Gasteiger partial charge < -0.3 is 14.2 Å². The highest BCUT2D eigenvalue weighted by atomic mass is 31.1. The van der Waals surface area contributed by atoms with Crippen LogP contribution in [0.1, 0.15) is 53.0 Å². The lowest BCUT2D eigenvalue weighted by atomic mass is 9.88. The van der Waals surface area contributed by atoms with Crippen molar-refractivity contribution in [3.63, 3.8) is 0 Å². The number of benzene rings is 1. The van der Waals surface area contributed by atoms with Gasteiger partial charge in [0.15, 0.2) is 0 Å². The number of ether oxygens (including phenoxy) is 3. The Hall–Kier alpha value is -1.53. The highest BCUT2D eigenvalue weighted by molar-refractivity contribution is 7.30. The zero-order chi connectivity index (χ0) is 20.5. The first-order chi connectivity index (χ1) is 12.0. The largest absolute Gasteiger partial charge is 0.692 e. The van der Waals surface area contributed by atoms with Crippen LogP contribution in [0.2, 0.25) is 0 Å². The molecule has 1 aromatic rings. The molecule has 0 radical (unpaired) electrons. The van der Waals surface area contributed by atoms with Gasteiger partial charge in [0.2, 0.25) is 0 Å². The molecule has 1 rings (SSSR count). The van der Waals surface area contributed by atoms with Crippen molar-refractivity contribution in [2.75, 3.05) is 14.2 Å². The Labute approximate surface area is 156 Å². The van der Waals surface area contributed by atoms with E-state index in [0.717, 1.165) is 18.4 Å². The summed E-state index contributed by atoms with van der Waals surface area (Å²) >= 11 is 0. The lowest BCUT2D eigenvalue weighted by Crippen LogP contribution is -2.28. The molecule has 0 bridgehead atoms. The molecule has 0 heterocycles. The first-order valence-electron chi connectivity index (χ1n) is 8.27. The Morgan fingerprint density at radius 1 is 1.04 bits per heavy atom. The van der Waals surface area contributed by atoms with Crippen molar-refractivity contribution in [3.8, 4) is 11.5 Å². The maximum absolute atomic E-state index is 12.1. The highest BCUT2D eigenvalue weighted by Crippen LogP contribution is 2.37. The van der Waals surface area contributed by atoms with E-state index in [1.165, 1.54) is 0 Å². The predicted molar refractivity (Wildman–Crippen MR) is 99.4 cm³/mol. The molecule has 0 atom stereocenters. The average Bonchev–Trinajstić information content (AvgIpc) is 2.55. The molecule has 26 heavy (non-hydrogen) atoms. The molecule has 0 unspecified atom stereocenters. The molecule has 7 nitrogen and oxygen atoms in total. The summed E-state index contributed by atoms with van der Waals surface area (Å²) < 4.78 is 25.3. The molecule has 0 amide bonds. The van der Waals surface area contributed by atoms with Crippen LogP contribution in [-0.4, -0.2) is 30.0 Å². The number of hydrogen-bond donors (Lipinski definition) is 2. The van der Waals surface area contributed by atoms with E-state index in [4.69, 9.17) is 28.6 Å². The van der Waals surface area contributed by atoms with Crippen LogP contribution in [-0.2, 0) is 19.7 Å². The van der Waals surface area contributed by atoms with E-state index in [1.807, 2.05) is 32.9 Å². The second-order valence-corrected chi connectivity index (χ2v) is 7.20. The average molecular weight is 389 g/mol. The molecule has 0 aliphatic carbocycles. The molecule has 148 valence electrons. The van der Waals surface area contributed by atoms with Crippen molar-refractivity contribution in [3.05, 3.63) is 23.8 Å². The monoisotopic (exact) mass is 389 g/mol. The predicted octanol–water partition coefficient (Wildman–Crippen LogP) is 3.94. The molecule has 0 spiro atoms. The Morgan fingerprint density at radius 2 is 1.50 bits per heavy atom. The molecule has 0 saturated carbocycles. The van der Waals surface area contributed by atoms with E-state index < -0.39 is 19.3 Å². The van der Waals surface area contributed by atoms with Gasteiger partial charge in [0.1, 0.15) is 11.5 Å². The van der Waals surface area contributed by atoms with Gasteiger partial charge >= 0.3 is 14.2 Å². The molecular weight excluding hydrogens is 359 g/mol. The maximum atomic E-state index is 12.1. The summed E-state index contributed by atoms with van der Waals surface area (Å²) in [7, 11) is 0.429. The Bertz CT molecular complexity index is 592. The van der Waals surface area contributed by atoms with Gasteiger partial charge in [-0.2, -0.15) is 0 Å². The Balaban J connectivity index is 0.00000141. The number of carbonyl (C=O) groups excluding carboxylic acids is 1. The normalized spacial score (nSPS) is 11.3. The SMILES string of the molecule is CCC(CC)(OC)c1cc(OC)cc(OC(=O)C(C)(C)C)c1.O=[P+](O)O. The summed E-state index contributed by atoms with van der Waals surface area (Å²) in [5.74, 6) is 0.859. The topological polar surface area (TPSA) is 102 Å². The molecule has 0 saturated heterocycles. The van der Waals surface area contributed by atoms with Crippen LogP contribution in [0, 0.1) is 5.41 Å². The summed E-state index contributed by atoms with van der Waals surface area (Å²) in [6, 6.07) is 5.52. The minimum Gasteiger partial charge on any atom is -0.497 e. The minimum atomic E-state index is -2.87. The van der Waals surface area contributed by atoms with Gasteiger partial charge in [-0.3, -0.25) is 4.79 Å². The van der Waals surface area contributed by atoms with Crippen molar-refractivity contribution in [2.24, 2.45) is 5.41 Å². The first kappa shape index (κ1) is 24.5. The molecule has 0 aromatic heterocycles. The summed E-state index contributed by atoms with van der Waals surface area (Å²) in [5, 5.41) is 0. The van der Waals surface area contributed by atoms with Crippen LogP contribution in [0.3, 0.4) is 0 Å². The summed E-state index contributed by atoms with van der Waals surface area (Å²) in [5.41, 5.74) is -0.00908. The Morgan fingerprint density at radius 3 is 1.85 bits per heavy atom. The molecule has 0 aliphatic rings. The van der Waals surface area contributed by atoms with Crippen molar-refractivity contribution in [1.82, 2.24) is 0 Å². The third-order valence-electron chi connectivity index (χ3n) is 4.00. The third-order valence-corrected chi connectivity index (χ3v) is 4.00. The van der Waals surface area contributed by atoms with Gasteiger partial charge in [-0.05, 0) is 51.3 Å². The maximum Gasteiger partial charge on any atom is 0.692 e. The van der Waals surface area contributed by atoms with Gasteiger partial charge in [0.05, 0.1) is 18.1 Å². The van der Waals surface area contributed by atoms with Crippen LogP contribution in [0.5, 0.6) is 11.5 Å². The van der Waals surface area contributed by atoms with E-state index in [9.17, 15) is 4.79 Å². The van der Waals surface area contributed by atoms with E-state index in [-0.39, 0.29) is 5.97 Å². The highest BCUT2D eigenvalue weighted by Gasteiger charge is 2.30. The van der Waals surface area contributed by atoms with E-state index in [2.05, 4.69) is 13.8 Å². The summed E-state index contributed by atoms with van der Waals surface area (Å²) in [6.45, 7) is 9.64. The fourth-order valence-electron chi connectivity index (χ4n) is 2.34. The van der Waals surface area contributed by atoms with Crippen LogP contribution in [0.15, 0.2) is 18.2 Å². The van der Waals surface area contributed by atoms with Gasteiger partial charge in [-0.15, -0.1) is 9.79 Å². The molecule has 0 aliphatic heterocycles. The van der Waals surface area contributed by atoms with Gasteiger partial charge in [-0.25, -0.2) is 0 Å². The lowest BCUT2D eigenvalue weighted by molar-refractivity contribution is -0.143. The number of hydrogen-bond acceptors (Lipinski definition) is 5. The third kappa shape index (κ3) is 7.38. The summed E-state index contributed by atoms with van der Waals surface area (Å²) in [6.07, 6.45) is 1.64. The molecule has 2 N–H and O–H groups in total. The van der Waals surface area contributed by atoms with Crippen molar-refractivity contribution >= 4 is 14.2 Å². The van der Waals surface area contributed by atoms with Crippen LogP contribution in [0.4, 0.5) is 0 Å². The van der Waals surface area contributed by atoms with Gasteiger partial charge in [0.25, 0.3) is 0 Å². The van der Waals surface area contributed by atoms with Crippen molar-refractivity contribution < 1.29 is 33.4 Å². The van der Waals surface area contributed by atoms with Crippen LogP contribution in [0.25, 0.3) is 0 Å². The molecule has 0 fully saturated rings. The van der Waals surface area contributed by atoms with Crippen LogP contribution >= 0.6 is 8.25 Å². The number of methoxy groups -OCH3 is 2. The lowest BCUT2D eigenvalue weighted by Gasteiger charge is -2.31. The van der Waals surface area contributed by atoms with Gasteiger partial charge in [0, 0.05) is 17.7 Å². The number of rotatable bonds is 6. The zero-order valence-electron chi connectivity index (χ0n) is 16.5. The molecular formula is C18H30O7P+. The molecule has 8 heteroatoms. The second-order valence-electron chi connectivity index (χ2n) is 6.69. The zero-order valence-corrected chi connectivity index (χ0v) is 17.4. The first-order valence-corrected chi connectivity index (χ1v) is 9.44. The van der Waals surface area contributed by atoms with Crippen molar-refractivity contribution in [2.45, 2.75) is 53.1 Å². The van der Waals surface area contributed by atoms with E-state index >= 15 is 0 Å². The fraction of sp³-hybridized carbons (Fsp3) is 0.611. The second kappa shape index (κ2) is 10.6. The smallest absolute Gasteiger partial charge is 0.497 e. The molecule has 1 aromatic carbocycles. The van der Waals surface area contributed by atoms with E-state index in [0.29, 0.717) is 11.5 Å². The Kier molecular flexibility index (Phi) is 9.96. The summed E-state index contributed by atoms with van der Waals surface area (Å²) in [4.78, 5) is 26.3. The van der Waals surface area contributed by atoms with E-state index in [1.54, 1.807) is 20.3 Å². The minimum absolute atomic E-state index is 0.275. The standard InChI is InChI=1S/C18H28O4.HO3P/c1-8-18(9-2,21-7)13-10-14(20-6)12-15(11-13)22-16(19)17(3,4)5;1-4(2)3/h10-12H,8-9H2,1-7H3;(H-,1,2,3)/p+1. The number of carbonyl (C=O) groups is 1. The van der Waals surface area contributed by atoms with Crippen molar-refractivity contribution in [1.29, 1.82) is 0 Å². The number of esters is 1. The quantitative estimate of drug-likeness (QED) is 0.432. The fourth-order valence-corrected chi connectivity index (χ4v) is 2.34. The van der Waals surface area contributed by atoms with Crippen LogP contribution < -0.4 is 9.47 Å².